The molecule has 0 radical (unpaired) electrons. The maximum atomic E-state index is 12.6. The van der Waals surface area contributed by atoms with E-state index in [9.17, 15) is 4.79 Å². The van der Waals surface area contributed by atoms with Gasteiger partial charge in [-0.25, -0.2) is 0 Å². The van der Waals surface area contributed by atoms with Crippen LogP contribution < -0.4 is 4.74 Å². The van der Waals surface area contributed by atoms with Gasteiger partial charge in [-0.2, -0.15) is 0 Å². The van der Waals surface area contributed by atoms with Crippen LogP contribution in [0.3, 0.4) is 0 Å². The van der Waals surface area contributed by atoms with Crippen molar-refractivity contribution >= 4 is 5.78 Å². The van der Waals surface area contributed by atoms with Crippen LogP contribution >= 0.6 is 0 Å². The predicted molar refractivity (Wildman–Crippen MR) is 98.0 cm³/mol. The van der Waals surface area contributed by atoms with Gasteiger partial charge in [-0.1, -0.05) is 42.5 Å². The van der Waals surface area contributed by atoms with Crippen molar-refractivity contribution < 1.29 is 14.3 Å². The number of carbonyl (C=O) groups excluding carboxylic acids is 1. The number of Topliss-reactive ketones (excluding diaryl/α,β-unsaturated/α-hetero) is 1. The number of rotatable bonds is 7. The lowest BCUT2D eigenvalue weighted by atomic mass is 10.0. The van der Waals surface area contributed by atoms with E-state index >= 15 is 0 Å². The van der Waals surface area contributed by atoms with E-state index in [1.54, 1.807) is 0 Å². The average Bonchev–Trinajstić information content (AvgIpc) is 2.68. The fourth-order valence-electron chi connectivity index (χ4n) is 3.03. The van der Waals surface area contributed by atoms with E-state index in [-0.39, 0.29) is 11.8 Å². The van der Waals surface area contributed by atoms with Gasteiger partial charge in [-0.05, 0) is 24.6 Å². The summed E-state index contributed by atoms with van der Waals surface area (Å²) < 4.78 is 11.2. The van der Waals surface area contributed by atoms with Crippen molar-refractivity contribution in [2.45, 2.75) is 26.0 Å². The molecule has 2 aromatic carbocycles. The van der Waals surface area contributed by atoms with Gasteiger partial charge < -0.3 is 9.47 Å². The Hall–Kier alpha value is -2.17. The van der Waals surface area contributed by atoms with Crippen molar-refractivity contribution in [1.29, 1.82) is 0 Å². The standard InChI is InChI=1S/C21H25NO3/c1-17(22-10-12-24-13-11-22)14-21(23)19-8-5-9-20(15-19)25-16-18-6-3-2-4-7-18/h2-9,15,17H,10-14,16H2,1H3. The first-order chi connectivity index (χ1) is 12.2. The zero-order valence-electron chi connectivity index (χ0n) is 14.7. The molecule has 0 N–H and O–H groups in total. The van der Waals surface area contributed by atoms with Gasteiger partial charge in [0.1, 0.15) is 12.4 Å². The first kappa shape index (κ1) is 17.6. The second kappa shape index (κ2) is 8.79. The van der Waals surface area contributed by atoms with Crippen LogP contribution in [0.25, 0.3) is 0 Å². The molecule has 4 nitrogen and oxygen atoms in total. The molecule has 132 valence electrons. The summed E-state index contributed by atoms with van der Waals surface area (Å²) in [7, 11) is 0. The number of carbonyl (C=O) groups is 1. The van der Waals surface area contributed by atoms with Crippen molar-refractivity contribution in [2.24, 2.45) is 0 Å². The summed E-state index contributed by atoms with van der Waals surface area (Å²) in [5.74, 6) is 0.887. The highest BCUT2D eigenvalue weighted by Gasteiger charge is 2.20. The number of nitrogens with zero attached hydrogens (tertiary/aromatic N) is 1. The summed E-state index contributed by atoms with van der Waals surface area (Å²) in [6.07, 6.45) is 0.516. The van der Waals surface area contributed by atoms with E-state index in [0.717, 1.165) is 37.6 Å². The van der Waals surface area contributed by atoms with Crippen LogP contribution in [0.2, 0.25) is 0 Å². The maximum Gasteiger partial charge on any atom is 0.164 e. The Morgan fingerprint density at radius 2 is 1.88 bits per heavy atom. The molecule has 0 amide bonds. The Morgan fingerprint density at radius 3 is 2.64 bits per heavy atom. The maximum absolute atomic E-state index is 12.6. The zero-order chi connectivity index (χ0) is 17.5. The van der Waals surface area contributed by atoms with Gasteiger partial charge in [0.2, 0.25) is 0 Å². The Morgan fingerprint density at radius 1 is 1.12 bits per heavy atom. The van der Waals surface area contributed by atoms with Crippen molar-refractivity contribution in [2.75, 3.05) is 26.3 Å². The summed E-state index contributed by atoms with van der Waals surface area (Å²) in [5.41, 5.74) is 1.82. The summed E-state index contributed by atoms with van der Waals surface area (Å²) >= 11 is 0. The second-order valence-electron chi connectivity index (χ2n) is 6.43. The lowest BCUT2D eigenvalue weighted by molar-refractivity contribution is 0.0188. The quantitative estimate of drug-likeness (QED) is 0.723. The fourth-order valence-corrected chi connectivity index (χ4v) is 3.03. The Labute approximate surface area is 149 Å². The lowest BCUT2D eigenvalue weighted by Gasteiger charge is -2.31. The number of ketones is 1. The first-order valence-corrected chi connectivity index (χ1v) is 8.84. The van der Waals surface area contributed by atoms with Crippen molar-refractivity contribution in [3.05, 3.63) is 65.7 Å². The smallest absolute Gasteiger partial charge is 0.164 e. The molecule has 25 heavy (non-hydrogen) atoms. The van der Waals surface area contributed by atoms with Gasteiger partial charge in [-0.3, -0.25) is 9.69 Å². The number of morpholine rings is 1. The normalized spacial score (nSPS) is 16.4. The fraction of sp³-hybridized carbons (Fsp3) is 0.381. The Balaban J connectivity index is 1.57. The van der Waals surface area contributed by atoms with E-state index in [2.05, 4.69) is 11.8 Å². The summed E-state index contributed by atoms with van der Waals surface area (Å²) in [6.45, 7) is 5.91. The highest BCUT2D eigenvalue weighted by molar-refractivity contribution is 5.96. The molecule has 0 aliphatic carbocycles. The molecule has 1 heterocycles. The molecule has 1 unspecified atom stereocenters. The van der Waals surface area contributed by atoms with Gasteiger partial charge in [0.05, 0.1) is 13.2 Å². The minimum absolute atomic E-state index is 0.157. The largest absolute Gasteiger partial charge is 0.489 e. The molecule has 0 spiro atoms. The summed E-state index contributed by atoms with van der Waals surface area (Å²) in [4.78, 5) is 14.9. The lowest BCUT2D eigenvalue weighted by Crippen LogP contribution is -2.42. The van der Waals surface area contributed by atoms with Crippen LogP contribution in [0.5, 0.6) is 5.75 Å². The second-order valence-corrected chi connectivity index (χ2v) is 6.43. The third-order valence-corrected chi connectivity index (χ3v) is 4.55. The molecule has 2 aromatic rings. The SMILES string of the molecule is CC(CC(=O)c1cccc(OCc2ccccc2)c1)N1CCOCC1. The third-order valence-electron chi connectivity index (χ3n) is 4.55. The minimum atomic E-state index is 0.157. The monoisotopic (exact) mass is 339 g/mol. The van der Waals surface area contributed by atoms with Gasteiger partial charge in [-0.15, -0.1) is 0 Å². The van der Waals surface area contributed by atoms with E-state index in [1.807, 2.05) is 54.6 Å². The van der Waals surface area contributed by atoms with E-state index in [4.69, 9.17) is 9.47 Å². The van der Waals surface area contributed by atoms with Crippen LogP contribution in [0.1, 0.15) is 29.3 Å². The molecule has 1 saturated heterocycles. The number of hydrogen-bond donors (Lipinski definition) is 0. The molecule has 1 fully saturated rings. The topological polar surface area (TPSA) is 38.8 Å². The molecular weight excluding hydrogens is 314 g/mol. The van der Waals surface area contributed by atoms with Gasteiger partial charge in [0.15, 0.2) is 5.78 Å². The molecule has 4 heteroatoms. The van der Waals surface area contributed by atoms with Crippen molar-refractivity contribution in [3.8, 4) is 5.75 Å². The van der Waals surface area contributed by atoms with E-state index in [1.165, 1.54) is 0 Å². The molecule has 0 bridgehead atoms. The Bertz CT molecular complexity index is 681. The molecule has 1 atom stereocenters. The predicted octanol–water partition coefficient (Wildman–Crippen LogP) is 3.56. The summed E-state index contributed by atoms with van der Waals surface area (Å²) in [5, 5.41) is 0. The Kier molecular flexibility index (Phi) is 6.20. The minimum Gasteiger partial charge on any atom is -0.489 e. The summed E-state index contributed by atoms with van der Waals surface area (Å²) in [6, 6.07) is 17.7. The molecule has 0 aromatic heterocycles. The highest BCUT2D eigenvalue weighted by atomic mass is 16.5. The van der Waals surface area contributed by atoms with Gasteiger partial charge >= 0.3 is 0 Å². The molecular formula is C21H25NO3. The number of benzene rings is 2. The third kappa shape index (κ3) is 5.15. The van der Waals surface area contributed by atoms with E-state index < -0.39 is 0 Å². The van der Waals surface area contributed by atoms with Crippen molar-refractivity contribution in [3.63, 3.8) is 0 Å². The van der Waals surface area contributed by atoms with Crippen LogP contribution in [-0.2, 0) is 11.3 Å². The van der Waals surface area contributed by atoms with Gasteiger partial charge in [0, 0.05) is 31.1 Å². The van der Waals surface area contributed by atoms with Crippen molar-refractivity contribution in [1.82, 2.24) is 4.90 Å². The zero-order valence-corrected chi connectivity index (χ0v) is 14.7. The van der Waals surface area contributed by atoms with Crippen LogP contribution in [0.15, 0.2) is 54.6 Å². The van der Waals surface area contributed by atoms with Crippen LogP contribution in [0, 0.1) is 0 Å². The first-order valence-electron chi connectivity index (χ1n) is 8.84. The highest BCUT2D eigenvalue weighted by Crippen LogP contribution is 2.18. The van der Waals surface area contributed by atoms with E-state index in [0.29, 0.717) is 18.6 Å². The van der Waals surface area contributed by atoms with Crippen LogP contribution in [-0.4, -0.2) is 43.0 Å². The molecule has 1 aliphatic heterocycles. The average molecular weight is 339 g/mol. The molecule has 0 saturated carbocycles. The molecule has 1 aliphatic rings. The number of hydrogen-bond acceptors (Lipinski definition) is 4. The van der Waals surface area contributed by atoms with Gasteiger partial charge in [0.25, 0.3) is 0 Å². The number of ether oxygens (including phenoxy) is 2. The van der Waals surface area contributed by atoms with Crippen LogP contribution in [0.4, 0.5) is 0 Å². The molecule has 3 rings (SSSR count).